The second kappa shape index (κ2) is 10.7. The van der Waals surface area contributed by atoms with Crippen molar-refractivity contribution < 1.29 is 4.74 Å². The minimum Gasteiger partial charge on any atom is -0.383 e. The number of nitrogens with one attached hydrogen (secondary N) is 2. The highest BCUT2D eigenvalue weighted by molar-refractivity contribution is 6.09. The Morgan fingerprint density at radius 2 is 2.00 bits per heavy atom. The molecular formula is C32H38N6O. The van der Waals surface area contributed by atoms with Crippen LogP contribution in [0.5, 0.6) is 0 Å². The van der Waals surface area contributed by atoms with Crippen LogP contribution >= 0.6 is 0 Å². The summed E-state index contributed by atoms with van der Waals surface area (Å²) >= 11 is 0. The highest BCUT2D eigenvalue weighted by atomic mass is 16.5. The zero-order chi connectivity index (χ0) is 26.9. The third-order valence-corrected chi connectivity index (χ3v) is 8.30. The van der Waals surface area contributed by atoms with E-state index in [4.69, 9.17) is 4.74 Å². The van der Waals surface area contributed by atoms with E-state index >= 15 is 0 Å². The fourth-order valence-electron chi connectivity index (χ4n) is 6.09. The number of amidine groups is 1. The third-order valence-electron chi connectivity index (χ3n) is 8.30. The summed E-state index contributed by atoms with van der Waals surface area (Å²) in [6.45, 7) is 10.2. The maximum Gasteiger partial charge on any atom is 0.132 e. The lowest BCUT2D eigenvalue weighted by molar-refractivity contribution is 0.191. The molecule has 2 N–H and O–H groups in total. The Morgan fingerprint density at radius 3 is 2.72 bits per heavy atom. The largest absolute Gasteiger partial charge is 0.383 e. The molecule has 0 amide bonds. The van der Waals surface area contributed by atoms with Gasteiger partial charge in [-0.3, -0.25) is 10.1 Å². The molecule has 2 unspecified atom stereocenters. The molecule has 202 valence electrons. The predicted molar refractivity (Wildman–Crippen MR) is 157 cm³/mol. The second-order valence-electron chi connectivity index (χ2n) is 11.1. The van der Waals surface area contributed by atoms with E-state index in [1.54, 1.807) is 0 Å². The van der Waals surface area contributed by atoms with Gasteiger partial charge in [0.05, 0.1) is 18.8 Å². The van der Waals surface area contributed by atoms with Crippen molar-refractivity contribution in [1.82, 2.24) is 20.0 Å². The molecule has 2 aromatic carbocycles. The fraction of sp³-hybridized carbons (Fsp3) is 0.375. The number of ether oxygens (including phenoxy) is 1. The minimum absolute atomic E-state index is 0.296. The van der Waals surface area contributed by atoms with Crippen molar-refractivity contribution in [1.29, 1.82) is 5.41 Å². The normalized spacial score (nSPS) is 21.2. The SMILES string of the molecule is C=C(C)N1CCC(NC2CCOC2)=C(C(=N)N2CC(c3ccccc3)Cc3cc(-c4cnn(C)c4)ccc32)C1. The number of rotatable bonds is 6. The molecule has 2 atom stereocenters. The van der Waals surface area contributed by atoms with Crippen LogP contribution in [0.1, 0.15) is 36.8 Å². The van der Waals surface area contributed by atoms with Gasteiger partial charge in [-0.2, -0.15) is 5.10 Å². The van der Waals surface area contributed by atoms with E-state index in [9.17, 15) is 5.41 Å². The van der Waals surface area contributed by atoms with Crippen molar-refractivity contribution in [3.63, 3.8) is 0 Å². The lowest BCUT2D eigenvalue weighted by Crippen LogP contribution is -2.45. The first-order chi connectivity index (χ1) is 19.0. The van der Waals surface area contributed by atoms with Gasteiger partial charge >= 0.3 is 0 Å². The maximum atomic E-state index is 9.64. The van der Waals surface area contributed by atoms with Crippen molar-refractivity contribution in [2.75, 3.05) is 37.7 Å². The topological polar surface area (TPSA) is 69.4 Å². The summed E-state index contributed by atoms with van der Waals surface area (Å²) in [4.78, 5) is 4.54. The molecular weight excluding hydrogens is 484 g/mol. The Kier molecular flexibility index (Phi) is 7.00. The molecule has 0 aliphatic carbocycles. The van der Waals surface area contributed by atoms with Gasteiger partial charge in [-0.1, -0.05) is 43.0 Å². The standard InChI is InChI=1S/C32H38N6O/c1-22(2)37-13-11-30(35-28-12-14-39-21-28)29(20-37)32(33)38-19-26(23-7-5-4-6-8-23)16-25-15-24(9-10-31(25)38)27-17-34-36(3)18-27/h4-10,15,17-18,26,28,33,35H,1,11-14,16,19-21H2,2-3H3. The summed E-state index contributed by atoms with van der Waals surface area (Å²) in [5, 5.41) is 17.8. The molecule has 0 radical (unpaired) electrons. The van der Waals surface area contributed by atoms with E-state index in [0.29, 0.717) is 24.3 Å². The van der Waals surface area contributed by atoms with Gasteiger partial charge in [-0.05, 0) is 48.6 Å². The number of aromatic nitrogens is 2. The Hall–Kier alpha value is -3.84. The molecule has 3 aliphatic heterocycles. The van der Waals surface area contributed by atoms with Crippen LogP contribution < -0.4 is 10.2 Å². The van der Waals surface area contributed by atoms with E-state index in [1.807, 2.05) is 17.9 Å². The lowest BCUT2D eigenvalue weighted by Gasteiger charge is -2.40. The smallest absolute Gasteiger partial charge is 0.132 e. The zero-order valence-corrected chi connectivity index (χ0v) is 23.0. The molecule has 1 fully saturated rings. The van der Waals surface area contributed by atoms with E-state index in [2.05, 4.69) is 88.4 Å². The first kappa shape index (κ1) is 25.4. The van der Waals surface area contributed by atoms with Crippen molar-refractivity contribution in [2.24, 2.45) is 7.05 Å². The van der Waals surface area contributed by atoms with Gasteiger partial charge < -0.3 is 19.9 Å². The molecule has 3 aromatic rings. The van der Waals surface area contributed by atoms with Gasteiger partial charge in [0.1, 0.15) is 5.84 Å². The molecule has 1 aromatic heterocycles. The molecule has 39 heavy (non-hydrogen) atoms. The first-order valence-electron chi connectivity index (χ1n) is 14.0. The molecule has 0 saturated carbocycles. The molecule has 7 nitrogen and oxygen atoms in total. The predicted octanol–water partition coefficient (Wildman–Crippen LogP) is 5.08. The third kappa shape index (κ3) is 5.23. The Bertz CT molecular complexity index is 1400. The van der Waals surface area contributed by atoms with Crippen molar-refractivity contribution in [3.05, 3.63) is 95.6 Å². The maximum absolute atomic E-state index is 9.64. The van der Waals surface area contributed by atoms with Crippen LogP contribution in [0, 0.1) is 5.41 Å². The molecule has 0 spiro atoms. The average molecular weight is 523 g/mol. The van der Waals surface area contributed by atoms with Gasteiger partial charge in [-0.15, -0.1) is 0 Å². The summed E-state index contributed by atoms with van der Waals surface area (Å²) in [5.74, 6) is 0.877. The number of hydrogen-bond acceptors (Lipinski definition) is 5. The van der Waals surface area contributed by atoms with Crippen LogP contribution in [-0.2, 0) is 18.2 Å². The lowest BCUT2D eigenvalue weighted by atomic mass is 9.85. The highest BCUT2D eigenvalue weighted by Crippen LogP contribution is 2.38. The van der Waals surface area contributed by atoms with Gasteiger partial charge in [0, 0.05) is 80.0 Å². The molecule has 1 saturated heterocycles. The highest BCUT2D eigenvalue weighted by Gasteiger charge is 2.33. The summed E-state index contributed by atoms with van der Waals surface area (Å²) in [6, 6.07) is 17.7. The van der Waals surface area contributed by atoms with Crippen molar-refractivity contribution >= 4 is 11.5 Å². The number of hydrogen-bond donors (Lipinski definition) is 2. The van der Waals surface area contributed by atoms with Crippen LogP contribution in [0.15, 0.2) is 84.5 Å². The van der Waals surface area contributed by atoms with Gasteiger partial charge in [-0.25, -0.2) is 0 Å². The van der Waals surface area contributed by atoms with Crippen LogP contribution in [0.4, 0.5) is 5.69 Å². The molecule has 6 rings (SSSR count). The number of benzene rings is 2. The summed E-state index contributed by atoms with van der Waals surface area (Å²) in [7, 11) is 1.95. The fourth-order valence-corrected chi connectivity index (χ4v) is 6.09. The van der Waals surface area contributed by atoms with E-state index < -0.39 is 0 Å². The van der Waals surface area contributed by atoms with Crippen LogP contribution in [0.25, 0.3) is 11.1 Å². The van der Waals surface area contributed by atoms with Crippen LogP contribution in [0.2, 0.25) is 0 Å². The number of aryl methyl sites for hydroxylation is 1. The van der Waals surface area contributed by atoms with Crippen molar-refractivity contribution in [2.45, 2.75) is 38.1 Å². The van der Waals surface area contributed by atoms with E-state index in [-0.39, 0.29) is 0 Å². The van der Waals surface area contributed by atoms with Crippen LogP contribution in [-0.4, -0.2) is 59.4 Å². The number of nitrogens with zero attached hydrogens (tertiary/aromatic N) is 4. The van der Waals surface area contributed by atoms with Gasteiger partial charge in [0.25, 0.3) is 0 Å². The van der Waals surface area contributed by atoms with Crippen molar-refractivity contribution in [3.8, 4) is 11.1 Å². The van der Waals surface area contributed by atoms with Crippen LogP contribution in [0.3, 0.4) is 0 Å². The number of anilines is 1. The zero-order valence-electron chi connectivity index (χ0n) is 23.0. The minimum atomic E-state index is 0.296. The van der Waals surface area contributed by atoms with Gasteiger partial charge in [0.15, 0.2) is 0 Å². The molecule has 0 bridgehead atoms. The number of fused-ring (bicyclic) bond motifs is 1. The summed E-state index contributed by atoms with van der Waals surface area (Å²) in [5.41, 5.74) is 9.28. The quantitative estimate of drug-likeness (QED) is 0.349. The summed E-state index contributed by atoms with van der Waals surface area (Å²) < 4.78 is 7.49. The Labute approximate surface area is 231 Å². The number of allylic oxidation sites excluding steroid dienone is 1. The Balaban J connectivity index is 1.39. The van der Waals surface area contributed by atoms with E-state index in [1.165, 1.54) is 16.8 Å². The monoisotopic (exact) mass is 522 g/mol. The Morgan fingerprint density at radius 1 is 1.15 bits per heavy atom. The van der Waals surface area contributed by atoms with E-state index in [0.717, 1.165) is 73.7 Å². The van der Waals surface area contributed by atoms with Gasteiger partial charge in [0.2, 0.25) is 0 Å². The first-order valence-corrected chi connectivity index (χ1v) is 14.0. The molecule has 4 heterocycles. The molecule has 3 aliphatic rings. The average Bonchev–Trinajstić information content (AvgIpc) is 3.64. The second-order valence-corrected chi connectivity index (χ2v) is 11.1. The molecule has 7 heteroatoms. The summed E-state index contributed by atoms with van der Waals surface area (Å²) in [6.07, 6.45) is 6.81.